The molecule has 1 heterocycles. The molecule has 3 rings (SSSR count). The van der Waals surface area contributed by atoms with Gasteiger partial charge in [-0.05, 0) is 61.4 Å². The van der Waals surface area contributed by atoms with Gasteiger partial charge in [-0.2, -0.15) is 5.10 Å². The van der Waals surface area contributed by atoms with Gasteiger partial charge in [0.05, 0.1) is 38.7 Å². The molecule has 1 atom stereocenters. The highest BCUT2D eigenvalue weighted by Gasteiger charge is 2.32. The summed E-state index contributed by atoms with van der Waals surface area (Å²) >= 11 is 0. The Hall–Kier alpha value is -4.54. The van der Waals surface area contributed by atoms with Crippen LogP contribution in [-0.4, -0.2) is 51.6 Å². The number of esters is 1. The van der Waals surface area contributed by atoms with Crippen LogP contribution < -0.4 is 30.3 Å². The molecule has 0 aliphatic carbocycles. The molecule has 0 fully saturated rings. The number of carbonyl (C=O) groups excluding carboxylic acids is 3. The second-order valence-corrected chi connectivity index (χ2v) is 7.56. The molecule has 1 aliphatic heterocycles. The first kappa shape index (κ1) is 26.1. The number of amides is 3. The van der Waals surface area contributed by atoms with Gasteiger partial charge < -0.3 is 29.6 Å². The van der Waals surface area contributed by atoms with Crippen LogP contribution in [-0.2, 0) is 14.3 Å². The lowest BCUT2D eigenvalue weighted by Crippen LogP contribution is -2.45. The number of hydrazone groups is 1. The van der Waals surface area contributed by atoms with Crippen LogP contribution in [0.1, 0.15) is 31.0 Å². The molecular weight excluding hydrogens is 468 g/mol. The SMILES string of the molecule is CCOc1ccc(/C=N\NC(=O)COc2ccc([C@@H]3NC(=O)NC(C)=C3C(=O)OC)cc2OC)cc1. The van der Waals surface area contributed by atoms with Gasteiger partial charge in [-0.25, -0.2) is 15.0 Å². The second kappa shape index (κ2) is 12.2. The Kier molecular flexibility index (Phi) is 8.87. The van der Waals surface area contributed by atoms with Crippen molar-refractivity contribution < 1.29 is 33.3 Å². The number of hydrogen-bond donors (Lipinski definition) is 3. The van der Waals surface area contributed by atoms with E-state index in [-0.39, 0.29) is 12.2 Å². The fourth-order valence-corrected chi connectivity index (χ4v) is 3.48. The minimum Gasteiger partial charge on any atom is -0.494 e. The largest absolute Gasteiger partial charge is 0.494 e. The maximum absolute atomic E-state index is 12.3. The highest BCUT2D eigenvalue weighted by molar-refractivity contribution is 5.95. The zero-order chi connectivity index (χ0) is 26.1. The topological polar surface area (TPSA) is 137 Å². The first-order valence-corrected chi connectivity index (χ1v) is 11.1. The molecule has 0 unspecified atom stereocenters. The van der Waals surface area contributed by atoms with Crippen molar-refractivity contribution in [3.63, 3.8) is 0 Å². The van der Waals surface area contributed by atoms with Crippen molar-refractivity contribution in [2.45, 2.75) is 19.9 Å². The van der Waals surface area contributed by atoms with Gasteiger partial charge in [-0.1, -0.05) is 6.07 Å². The summed E-state index contributed by atoms with van der Waals surface area (Å²) in [6.45, 7) is 3.79. The Morgan fingerprint density at radius 3 is 2.50 bits per heavy atom. The van der Waals surface area contributed by atoms with E-state index in [0.29, 0.717) is 29.4 Å². The number of carbonyl (C=O) groups is 3. The number of hydrogen-bond acceptors (Lipinski definition) is 8. The average molecular weight is 497 g/mol. The molecule has 36 heavy (non-hydrogen) atoms. The van der Waals surface area contributed by atoms with Gasteiger partial charge in [-0.3, -0.25) is 4.79 Å². The molecule has 11 nitrogen and oxygen atoms in total. The van der Waals surface area contributed by atoms with E-state index in [1.54, 1.807) is 25.1 Å². The lowest BCUT2D eigenvalue weighted by molar-refractivity contribution is -0.136. The van der Waals surface area contributed by atoms with Gasteiger partial charge in [0.1, 0.15) is 5.75 Å². The molecule has 2 aromatic rings. The van der Waals surface area contributed by atoms with Crippen LogP contribution >= 0.6 is 0 Å². The van der Waals surface area contributed by atoms with Crippen LogP contribution in [0.15, 0.2) is 58.8 Å². The van der Waals surface area contributed by atoms with E-state index >= 15 is 0 Å². The van der Waals surface area contributed by atoms with Crippen LogP contribution in [0, 0.1) is 0 Å². The average Bonchev–Trinajstić information content (AvgIpc) is 2.87. The van der Waals surface area contributed by atoms with Crippen LogP contribution in [0.5, 0.6) is 17.2 Å². The first-order chi connectivity index (χ1) is 17.4. The maximum Gasteiger partial charge on any atom is 0.337 e. The van der Waals surface area contributed by atoms with E-state index in [1.807, 2.05) is 31.2 Å². The zero-order valence-corrected chi connectivity index (χ0v) is 20.4. The van der Waals surface area contributed by atoms with E-state index < -0.39 is 23.9 Å². The molecule has 11 heteroatoms. The van der Waals surface area contributed by atoms with Gasteiger partial charge in [0.25, 0.3) is 5.91 Å². The number of nitrogens with one attached hydrogen (secondary N) is 3. The van der Waals surface area contributed by atoms with Gasteiger partial charge in [0.15, 0.2) is 18.1 Å². The summed E-state index contributed by atoms with van der Waals surface area (Å²) in [6.07, 6.45) is 1.50. The molecule has 0 aromatic heterocycles. The van der Waals surface area contributed by atoms with Crippen LogP contribution in [0.25, 0.3) is 0 Å². The van der Waals surface area contributed by atoms with Crippen LogP contribution in [0.4, 0.5) is 4.79 Å². The molecule has 0 saturated heterocycles. The summed E-state index contributed by atoms with van der Waals surface area (Å²) in [5, 5.41) is 9.19. The van der Waals surface area contributed by atoms with Crippen LogP contribution in [0.3, 0.4) is 0 Å². The Bertz CT molecular complexity index is 1180. The van der Waals surface area contributed by atoms with Crippen molar-refractivity contribution in [3.8, 4) is 17.2 Å². The van der Waals surface area contributed by atoms with Gasteiger partial charge >= 0.3 is 12.0 Å². The Morgan fingerprint density at radius 1 is 1.08 bits per heavy atom. The minimum atomic E-state index is -0.755. The summed E-state index contributed by atoms with van der Waals surface area (Å²) < 4.78 is 21.2. The molecule has 0 spiro atoms. The standard InChI is InChI=1S/C25H28N4O7/c1-5-35-18-9-6-16(7-10-18)13-26-29-21(30)14-36-19-11-8-17(12-20(19)33-3)23-22(24(31)34-4)15(2)27-25(32)28-23/h6-13,23H,5,14H2,1-4H3,(H,29,30)(H2,27,28,32)/b26-13-/t23-/m0/s1. The van der Waals surface area contributed by atoms with E-state index in [9.17, 15) is 14.4 Å². The number of methoxy groups -OCH3 is 2. The minimum absolute atomic E-state index is 0.262. The van der Waals surface area contributed by atoms with Crippen LogP contribution in [0.2, 0.25) is 0 Å². The molecule has 0 saturated carbocycles. The number of nitrogens with zero attached hydrogens (tertiary/aromatic N) is 1. The molecule has 3 N–H and O–H groups in total. The highest BCUT2D eigenvalue weighted by Crippen LogP contribution is 2.34. The number of allylic oxidation sites excluding steroid dienone is 1. The van der Waals surface area contributed by atoms with Crippen molar-refractivity contribution in [2.24, 2.45) is 5.10 Å². The molecule has 0 bridgehead atoms. The van der Waals surface area contributed by atoms with E-state index in [4.69, 9.17) is 18.9 Å². The highest BCUT2D eigenvalue weighted by atomic mass is 16.5. The number of rotatable bonds is 10. The van der Waals surface area contributed by atoms with E-state index in [1.165, 1.54) is 20.4 Å². The molecule has 2 aromatic carbocycles. The summed E-state index contributed by atoms with van der Waals surface area (Å²) in [5.41, 5.74) is 4.40. The van der Waals surface area contributed by atoms with Crippen molar-refractivity contribution in [1.29, 1.82) is 0 Å². The predicted molar refractivity (Wildman–Crippen MR) is 131 cm³/mol. The third-order valence-electron chi connectivity index (χ3n) is 5.15. The summed E-state index contributed by atoms with van der Waals surface area (Å²) in [5.74, 6) is 0.315. The second-order valence-electron chi connectivity index (χ2n) is 7.56. The molecule has 190 valence electrons. The predicted octanol–water partition coefficient (Wildman–Crippen LogP) is 2.42. The normalized spacial score (nSPS) is 15.1. The first-order valence-electron chi connectivity index (χ1n) is 11.1. The molecule has 0 radical (unpaired) electrons. The molecule has 1 aliphatic rings. The summed E-state index contributed by atoms with van der Waals surface area (Å²) in [4.78, 5) is 36.5. The Balaban J connectivity index is 1.64. The fraction of sp³-hybridized carbons (Fsp3) is 0.280. The fourth-order valence-electron chi connectivity index (χ4n) is 3.48. The van der Waals surface area contributed by atoms with Crippen molar-refractivity contribution in [3.05, 3.63) is 64.9 Å². The zero-order valence-electron chi connectivity index (χ0n) is 20.4. The maximum atomic E-state index is 12.3. The van der Waals surface area contributed by atoms with Gasteiger partial charge in [0, 0.05) is 5.70 Å². The van der Waals surface area contributed by atoms with Crippen molar-refractivity contribution >= 4 is 24.1 Å². The number of ether oxygens (including phenoxy) is 4. The van der Waals surface area contributed by atoms with Gasteiger partial charge in [-0.15, -0.1) is 0 Å². The third kappa shape index (κ3) is 6.53. The summed E-state index contributed by atoms with van der Waals surface area (Å²) in [6, 6.07) is 10.9. The van der Waals surface area contributed by atoms with Crippen molar-refractivity contribution in [2.75, 3.05) is 27.4 Å². The van der Waals surface area contributed by atoms with E-state index in [0.717, 1.165) is 11.3 Å². The summed E-state index contributed by atoms with van der Waals surface area (Å²) in [7, 11) is 2.71. The van der Waals surface area contributed by atoms with Crippen molar-refractivity contribution in [1.82, 2.24) is 16.1 Å². The lowest BCUT2D eigenvalue weighted by Gasteiger charge is -2.28. The Morgan fingerprint density at radius 2 is 1.83 bits per heavy atom. The van der Waals surface area contributed by atoms with E-state index in [2.05, 4.69) is 21.2 Å². The third-order valence-corrected chi connectivity index (χ3v) is 5.15. The molecule has 3 amide bonds. The number of benzene rings is 2. The quantitative estimate of drug-likeness (QED) is 0.261. The lowest BCUT2D eigenvalue weighted by atomic mass is 9.95. The number of urea groups is 1. The monoisotopic (exact) mass is 496 g/mol. The molecular formula is C25H28N4O7. The Labute approximate surface area is 208 Å². The smallest absolute Gasteiger partial charge is 0.337 e. The van der Waals surface area contributed by atoms with Gasteiger partial charge in [0.2, 0.25) is 0 Å².